The molecule has 0 amide bonds. The number of rotatable bonds is 4. The maximum absolute atomic E-state index is 11.8. The highest BCUT2D eigenvalue weighted by molar-refractivity contribution is 7.91. The number of likely N-dealkylation sites (N-methyl/N-ethyl adjacent to an activating group) is 1. The van der Waals surface area contributed by atoms with Crippen LogP contribution in [0.15, 0.2) is 0 Å². The Hall–Kier alpha value is -0.130. The summed E-state index contributed by atoms with van der Waals surface area (Å²) < 4.78 is 23.7. The SMILES string of the molecule is CCN(C1CCCCC1)C1(CN)CCS(=O)(=O)C1. The first-order valence-electron chi connectivity index (χ1n) is 7.20. The van der Waals surface area contributed by atoms with Crippen LogP contribution in [0.2, 0.25) is 0 Å². The van der Waals surface area contributed by atoms with Crippen LogP contribution in [0, 0.1) is 0 Å². The Morgan fingerprint density at radius 3 is 2.39 bits per heavy atom. The van der Waals surface area contributed by atoms with Gasteiger partial charge in [-0.15, -0.1) is 0 Å². The molecule has 1 saturated heterocycles. The maximum Gasteiger partial charge on any atom is 0.152 e. The molecule has 0 aromatic heterocycles. The van der Waals surface area contributed by atoms with Gasteiger partial charge in [-0.1, -0.05) is 26.2 Å². The third-order valence-corrected chi connectivity index (χ3v) is 6.52. The van der Waals surface area contributed by atoms with Crippen LogP contribution in [0.5, 0.6) is 0 Å². The summed E-state index contributed by atoms with van der Waals surface area (Å²) in [6.07, 6.45) is 6.99. The van der Waals surface area contributed by atoms with Crippen LogP contribution < -0.4 is 5.73 Å². The molecule has 2 N–H and O–H groups in total. The first-order chi connectivity index (χ1) is 8.53. The number of hydrogen-bond acceptors (Lipinski definition) is 4. The molecule has 1 aliphatic heterocycles. The van der Waals surface area contributed by atoms with Gasteiger partial charge in [0.15, 0.2) is 9.84 Å². The van der Waals surface area contributed by atoms with E-state index in [-0.39, 0.29) is 11.3 Å². The summed E-state index contributed by atoms with van der Waals surface area (Å²) in [7, 11) is -2.88. The Labute approximate surface area is 111 Å². The Balaban J connectivity index is 2.18. The number of sulfone groups is 1. The van der Waals surface area contributed by atoms with E-state index in [4.69, 9.17) is 5.73 Å². The zero-order valence-corrected chi connectivity index (χ0v) is 12.2. The zero-order valence-electron chi connectivity index (χ0n) is 11.4. The third-order valence-electron chi connectivity index (χ3n) is 4.71. The van der Waals surface area contributed by atoms with Crippen molar-refractivity contribution in [2.75, 3.05) is 24.6 Å². The van der Waals surface area contributed by atoms with Gasteiger partial charge in [0.1, 0.15) is 0 Å². The number of nitrogens with two attached hydrogens (primary N) is 1. The van der Waals surface area contributed by atoms with E-state index in [1.54, 1.807) is 0 Å². The minimum Gasteiger partial charge on any atom is -0.329 e. The summed E-state index contributed by atoms with van der Waals surface area (Å²) in [5.41, 5.74) is 5.68. The van der Waals surface area contributed by atoms with Gasteiger partial charge in [0.25, 0.3) is 0 Å². The van der Waals surface area contributed by atoms with E-state index in [0.29, 0.717) is 18.3 Å². The Kier molecular flexibility index (Phi) is 4.34. The van der Waals surface area contributed by atoms with Gasteiger partial charge >= 0.3 is 0 Å². The molecule has 2 aliphatic rings. The van der Waals surface area contributed by atoms with Gasteiger partial charge in [0.2, 0.25) is 0 Å². The third kappa shape index (κ3) is 2.73. The Bertz CT molecular complexity index is 376. The lowest BCUT2D eigenvalue weighted by molar-refractivity contribution is 0.0520. The van der Waals surface area contributed by atoms with E-state index in [0.717, 1.165) is 13.0 Å². The van der Waals surface area contributed by atoms with Crippen molar-refractivity contribution in [2.45, 2.75) is 57.0 Å². The molecule has 18 heavy (non-hydrogen) atoms. The van der Waals surface area contributed by atoms with Gasteiger partial charge in [-0.2, -0.15) is 0 Å². The van der Waals surface area contributed by atoms with E-state index < -0.39 is 9.84 Å². The van der Waals surface area contributed by atoms with Crippen molar-refractivity contribution >= 4 is 9.84 Å². The molecular weight excluding hydrogens is 248 g/mol. The van der Waals surface area contributed by atoms with Crippen molar-refractivity contribution in [2.24, 2.45) is 5.73 Å². The maximum atomic E-state index is 11.8. The first kappa shape index (κ1) is 14.3. The summed E-state index contributed by atoms with van der Waals surface area (Å²) in [5, 5.41) is 0. The predicted octanol–water partition coefficient (Wildman–Crippen LogP) is 1.16. The van der Waals surface area contributed by atoms with E-state index in [9.17, 15) is 8.42 Å². The molecule has 1 saturated carbocycles. The number of nitrogens with zero attached hydrogens (tertiary/aromatic N) is 1. The Morgan fingerprint density at radius 2 is 1.94 bits per heavy atom. The minimum absolute atomic E-state index is 0.265. The topological polar surface area (TPSA) is 63.4 Å². The van der Waals surface area contributed by atoms with Crippen LogP contribution in [0.4, 0.5) is 0 Å². The second kappa shape index (κ2) is 5.47. The van der Waals surface area contributed by atoms with Gasteiger partial charge in [0, 0.05) is 18.1 Å². The smallest absolute Gasteiger partial charge is 0.152 e. The molecule has 1 atom stereocenters. The molecule has 0 aromatic rings. The predicted molar refractivity (Wildman–Crippen MR) is 74.3 cm³/mol. The van der Waals surface area contributed by atoms with Gasteiger partial charge in [0.05, 0.1) is 11.5 Å². The van der Waals surface area contributed by atoms with E-state index in [1.807, 2.05) is 0 Å². The summed E-state index contributed by atoms with van der Waals surface area (Å²) in [5.74, 6) is 0.578. The zero-order chi connectivity index (χ0) is 13.2. The van der Waals surface area contributed by atoms with Crippen molar-refractivity contribution in [3.8, 4) is 0 Å². The van der Waals surface area contributed by atoms with Gasteiger partial charge in [-0.3, -0.25) is 4.90 Å². The lowest BCUT2D eigenvalue weighted by Crippen LogP contribution is -2.59. The van der Waals surface area contributed by atoms with Crippen molar-refractivity contribution < 1.29 is 8.42 Å². The minimum atomic E-state index is -2.88. The molecule has 1 unspecified atom stereocenters. The van der Waals surface area contributed by atoms with Crippen molar-refractivity contribution in [1.82, 2.24) is 4.90 Å². The Morgan fingerprint density at radius 1 is 1.28 bits per heavy atom. The summed E-state index contributed by atoms with van der Waals surface area (Å²) in [6, 6.07) is 0.542. The molecule has 106 valence electrons. The van der Waals surface area contributed by atoms with Crippen molar-refractivity contribution in [3.05, 3.63) is 0 Å². The average Bonchev–Trinajstić information content (AvgIpc) is 2.69. The summed E-state index contributed by atoms with van der Waals surface area (Å²) in [4.78, 5) is 2.41. The molecule has 0 spiro atoms. The molecule has 5 heteroatoms. The standard InChI is InChI=1S/C13H26N2O2S/c1-2-15(12-6-4-3-5-7-12)13(10-14)8-9-18(16,17)11-13/h12H,2-11,14H2,1H3. The molecule has 2 rings (SSSR count). The molecule has 4 nitrogen and oxygen atoms in total. The van der Waals surface area contributed by atoms with Crippen molar-refractivity contribution in [1.29, 1.82) is 0 Å². The van der Waals surface area contributed by atoms with E-state index >= 15 is 0 Å². The second-order valence-electron chi connectivity index (χ2n) is 5.85. The lowest BCUT2D eigenvalue weighted by atomic mass is 9.88. The second-order valence-corrected chi connectivity index (χ2v) is 8.03. The molecular formula is C13H26N2O2S. The molecule has 1 aliphatic carbocycles. The monoisotopic (exact) mass is 274 g/mol. The molecule has 0 radical (unpaired) electrons. The van der Waals surface area contributed by atoms with E-state index in [1.165, 1.54) is 32.1 Å². The van der Waals surface area contributed by atoms with Crippen LogP contribution in [0.1, 0.15) is 45.4 Å². The first-order valence-corrected chi connectivity index (χ1v) is 9.02. The average molecular weight is 274 g/mol. The van der Waals surface area contributed by atoms with Crippen LogP contribution >= 0.6 is 0 Å². The number of hydrogen-bond donors (Lipinski definition) is 1. The highest BCUT2D eigenvalue weighted by Crippen LogP contribution is 2.34. The largest absolute Gasteiger partial charge is 0.329 e. The highest BCUT2D eigenvalue weighted by atomic mass is 32.2. The van der Waals surface area contributed by atoms with Crippen LogP contribution in [-0.2, 0) is 9.84 Å². The fraction of sp³-hybridized carbons (Fsp3) is 1.00. The molecule has 2 fully saturated rings. The quantitative estimate of drug-likeness (QED) is 0.835. The highest BCUT2D eigenvalue weighted by Gasteiger charge is 2.47. The summed E-state index contributed by atoms with van der Waals surface area (Å²) in [6.45, 7) is 3.52. The summed E-state index contributed by atoms with van der Waals surface area (Å²) >= 11 is 0. The van der Waals surface area contributed by atoms with Crippen LogP contribution in [0.3, 0.4) is 0 Å². The molecule has 0 aromatic carbocycles. The lowest BCUT2D eigenvalue weighted by Gasteiger charge is -2.45. The fourth-order valence-electron chi connectivity index (χ4n) is 3.78. The van der Waals surface area contributed by atoms with Crippen LogP contribution in [-0.4, -0.2) is 49.5 Å². The molecule has 1 heterocycles. The van der Waals surface area contributed by atoms with Gasteiger partial charge < -0.3 is 5.73 Å². The van der Waals surface area contributed by atoms with E-state index in [2.05, 4.69) is 11.8 Å². The van der Waals surface area contributed by atoms with Gasteiger partial charge in [-0.25, -0.2) is 8.42 Å². The molecule has 0 bridgehead atoms. The normalized spacial score (nSPS) is 33.1. The van der Waals surface area contributed by atoms with Gasteiger partial charge in [-0.05, 0) is 25.8 Å². The van der Waals surface area contributed by atoms with Crippen molar-refractivity contribution in [3.63, 3.8) is 0 Å². The van der Waals surface area contributed by atoms with Crippen LogP contribution in [0.25, 0.3) is 0 Å². The fourth-order valence-corrected chi connectivity index (χ4v) is 5.86.